The summed E-state index contributed by atoms with van der Waals surface area (Å²) in [5.41, 5.74) is 8.62. The van der Waals surface area contributed by atoms with E-state index >= 15 is 0 Å². The predicted octanol–water partition coefficient (Wildman–Crippen LogP) is 11.9. The molecule has 0 saturated heterocycles. The summed E-state index contributed by atoms with van der Waals surface area (Å²) in [6, 6.07) is 64.0. The third kappa shape index (κ3) is 5.04. The zero-order chi connectivity index (χ0) is 33.7. The molecule has 2 aromatic heterocycles. The molecular weight excluding hydrogens is 621 g/mol. The average molecular weight is 651 g/mol. The van der Waals surface area contributed by atoms with E-state index in [9.17, 15) is 0 Å². The van der Waals surface area contributed by atoms with Crippen LogP contribution in [0.25, 0.3) is 94.3 Å². The molecule has 51 heavy (non-hydrogen) atoms. The Morgan fingerprint density at radius 1 is 0.314 bits per heavy atom. The number of aromatic nitrogens is 4. The molecular formula is C47H30N4. The van der Waals surface area contributed by atoms with E-state index in [4.69, 9.17) is 15.0 Å². The lowest BCUT2D eigenvalue weighted by atomic mass is 9.97. The van der Waals surface area contributed by atoms with Crippen LogP contribution in [0, 0.1) is 0 Å². The molecule has 0 spiro atoms. The third-order valence-corrected chi connectivity index (χ3v) is 9.83. The first-order chi connectivity index (χ1) is 25.3. The van der Waals surface area contributed by atoms with Gasteiger partial charge in [0.05, 0.1) is 11.0 Å². The molecule has 10 rings (SSSR count). The lowest BCUT2D eigenvalue weighted by Gasteiger charge is -2.11. The molecule has 0 fully saturated rings. The average Bonchev–Trinajstić information content (AvgIpc) is 3.53. The minimum Gasteiger partial charge on any atom is -0.309 e. The van der Waals surface area contributed by atoms with Crippen LogP contribution in [0.2, 0.25) is 0 Å². The highest BCUT2D eigenvalue weighted by atomic mass is 15.0. The van der Waals surface area contributed by atoms with Gasteiger partial charge in [0.15, 0.2) is 17.5 Å². The van der Waals surface area contributed by atoms with Gasteiger partial charge in [-0.05, 0) is 75.1 Å². The fourth-order valence-corrected chi connectivity index (χ4v) is 7.32. The molecule has 0 atom stereocenters. The standard InChI is InChI=1S/C47H30N4/c1-2-12-33(13-3-1)45-48-46(34-23-21-32(22-24-34)40-19-10-16-31-11-6-7-17-39(31)40)50-47(49-45)35-25-27-38(28-26-35)51-43-20-9-8-18-41(43)42-29-36-14-4-5-15-37(36)30-44(42)51/h1-30H. The van der Waals surface area contributed by atoms with Crippen LogP contribution in [0.5, 0.6) is 0 Å². The molecule has 238 valence electrons. The number of nitrogens with zero attached hydrogens (tertiary/aromatic N) is 4. The van der Waals surface area contributed by atoms with E-state index in [0.717, 1.165) is 27.9 Å². The Bertz CT molecular complexity index is 2880. The van der Waals surface area contributed by atoms with Gasteiger partial charge in [-0.1, -0.05) is 140 Å². The van der Waals surface area contributed by atoms with Crippen LogP contribution < -0.4 is 0 Å². The van der Waals surface area contributed by atoms with Crippen LogP contribution in [0.1, 0.15) is 0 Å². The van der Waals surface area contributed by atoms with Crippen molar-refractivity contribution in [3.8, 4) is 51.0 Å². The Kier molecular flexibility index (Phi) is 6.78. The first-order valence-electron chi connectivity index (χ1n) is 17.2. The minimum atomic E-state index is 0.636. The number of para-hydroxylation sites is 1. The van der Waals surface area contributed by atoms with Crippen LogP contribution in [0.15, 0.2) is 182 Å². The van der Waals surface area contributed by atoms with Crippen molar-refractivity contribution < 1.29 is 0 Å². The van der Waals surface area contributed by atoms with Gasteiger partial charge in [-0.25, -0.2) is 15.0 Å². The highest BCUT2D eigenvalue weighted by Gasteiger charge is 2.16. The maximum absolute atomic E-state index is 5.05. The first-order valence-corrected chi connectivity index (χ1v) is 17.2. The van der Waals surface area contributed by atoms with E-state index in [2.05, 4.69) is 156 Å². The molecule has 0 radical (unpaired) electrons. The lowest BCUT2D eigenvalue weighted by molar-refractivity contribution is 1.07. The van der Waals surface area contributed by atoms with Crippen molar-refractivity contribution in [1.82, 2.24) is 19.5 Å². The van der Waals surface area contributed by atoms with Gasteiger partial charge in [0.1, 0.15) is 0 Å². The maximum Gasteiger partial charge on any atom is 0.164 e. The van der Waals surface area contributed by atoms with Gasteiger partial charge in [-0.15, -0.1) is 0 Å². The summed E-state index contributed by atoms with van der Waals surface area (Å²) in [7, 11) is 0. The zero-order valence-electron chi connectivity index (χ0n) is 27.6. The molecule has 0 N–H and O–H groups in total. The Balaban J connectivity index is 1.07. The fraction of sp³-hybridized carbons (Fsp3) is 0. The number of fused-ring (bicyclic) bond motifs is 5. The van der Waals surface area contributed by atoms with Crippen molar-refractivity contribution in [3.05, 3.63) is 182 Å². The summed E-state index contributed by atoms with van der Waals surface area (Å²) in [5, 5.41) is 7.41. The summed E-state index contributed by atoms with van der Waals surface area (Å²) < 4.78 is 2.35. The Morgan fingerprint density at radius 2 is 0.824 bits per heavy atom. The summed E-state index contributed by atoms with van der Waals surface area (Å²) in [6.45, 7) is 0. The zero-order valence-corrected chi connectivity index (χ0v) is 27.6. The van der Waals surface area contributed by atoms with Crippen molar-refractivity contribution in [2.75, 3.05) is 0 Å². The van der Waals surface area contributed by atoms with Crippen molar-refractivity contribution in [3.63, 3.8) is 0 Å². The van der Waals surface area contributed by atoms with E-state index in [1.54, 1.807) is 0 Å². The number of rotatable bonds is 5. The number of hydrogen-bond donors (Lipinski definition) is 0. The van der Waals surface area contributed by atoms with E-state index in [0.29, 0.717) is 17.5 Å². The van der Waals surface area contributed by atoms with Gasteiger partial charge in [0.25, 0.3) is 0 Å². The third-order valence-electron chi connectivity index (χ3n) is 9.83. The van der Waals surface area contributed by atoms with Gasteiger partial charge in [-0.2, -0.15) is 0 Å². The van der Waals surface area contributed by atoms with Crippen LogP contribution in [-0.4, -0.2) is 19.5 Å². The van der Waals surface area contributed by atoms with E-state index in [1.165, 1.54) is 48.9 Å². The molecule has 0 bridgehead atoms. The molecule has 0 aliphatic carbocycles. The van der Waals surface area contributed by atoms with Crippen molar-refractivity contribution in [2.24, 2.45) is 0 Å². The van der Waals surface area contributed by atoms with Gasteiger partial charge in [0, 0.05) is 33.2 Å². The summed E-state index contributed by atoms with van der Waals surface area (Å²) in [5.74, 6) is 1.92. The molecule has 0 aliphatic heterocycles. The van der Waals surface area contributed by atoms with E-state index < -0.39 is 0 Å². The van der Waals surface area contributed by atoms with Crippen LogP contribution >= 0.6 is 0 Å². The second-order valence-electron chi connectivity index (χ2n) is 12.9. The highest BCUT2D eigenvalue weighted by Crippen LogP contribution is 2.36. The molecule has 2 heterocycles. The number of benzene rings is 8. The second-order valence-corrected chi connectivity index (χ2v) is 12.9. The van der Waals surface area contributed by atoms with Gasteiger partial charge in [0.2, 0.25) is 0 Å². The summed E-state index contributed by atoms with van der Waals surface area (Å²) >= 11 is 0. The van der Waals surface area contributed by atoms with Crippen molar-refractivity contribution >= 4 is 43.4 Å². The topological polar surface area (TPSA) is 43.6 Å². The molecule has 0 aliphatic rings. The van der Waals surface area contributed by atoms with Crippen molar-refractivity contribution in [2.45, 2.75) is 0 Å². The highest BCUT2D eigenvalue weighted by molar-refractivity contribution is 6.13. The maximum atomic E-state index is 5.05. The quantitative estimate of drug-likeness (QED) is 0.186. The Hall–Kier alpha value is -6.91. The SMILES string of the molecule is c1ccc(-c2nc(-c3ccc(-c4cccc5ccccc45)cc3)nc(-c3ccc(-n4c5ccccc5c5cc6ccccc6cc54)cc3)n2)cc1. The van der Waals surface area contributed by atoms with Gasteiger partial charge < -0.3 is 4.57 Å². The minimum absolute atomic E-state index is 0.636. The van der Waals surface area contributed by atoms with Crippen LogP contribution in [0.4, 0.5) is 0 Å². The molecule has 4 heteroatoms. The second kappa shape index (κ2) is 11.9. The van der Waals surface area contributed by atoms with Crippen molar-refractivity contribution in [1.29, 1.82) is 0 Å². The van der Waals surface area contributed by atoms with E-state index in [-0.39, 0.29) is 0 Å². The largest absolute Gasteiger partial charge is 0.309 e. The van der Waals surface area contributed by atoms with Gasteiger partial charge in [-0.3, -0.25) is 0 Å². The molecule has 0 amide bonds. The van der Waals surface area contributed by atoms with Crippen LogP contribution in [0.3, 0.4) is 0 Å². The monoisotopic (exact) mass is 650 g/mol. The van der Waals surface area contributed by atoms with Gasteiger partial charge >= 0.3 is 0 Å². The normalized spacial score (nSPS) is 11.5. The Morgan fingerprint density at radius 3 is 1.53 bits per heavy atom. The number of hydrogen-bond acceptors (Lipinski definition) is 3. The molecule has 10 aromatic rings. The smallest absolute Gasteiger partial charge is 0.164 e. The first kappa shape index (κ1) is 29.0. The molecule has 8 aromatic carbocycles. The lowest BCUT2D eigenvalue weighted by Crippen LogP contribution is -2.00. The Labute approximate surface area is 295 Å². The predicted molar refractivity (Wildman–Crippen MR) is 211 cm³/mol. The molecule has 0 unspecified atom stereocenters. The summed E-state index contributed by atoms with van der Waals surface area (Å²) in [6.07, 6.45) is 0. The van der Waals surface area contributed by atoms with E-state index in [1.807, 2.05) is 30.3 Å². The molecule has 4 nitrogen and oxygen atoms in total. The van der Waals surface area contributed by atoms with Crippen LogP contribution in [-0.2, 0) is 0 Å². The molecule has 0 saturated carbocycles. The fourth-order valence-electron chi connectivity index (χ4n) is 7.32. The summed E-state index contributed by atoms with van der Waals surface area (Å²) in [4.78, 5) is 15.0.